The first-order valence-corrected chi connectivity index (χ1v) is 4.50. The minimum absolute atomic E-state index is 0.253. The van der Waals surface area contributed by atoms with Gasteiger partial charge in [0.05, 0.1) is 4.90 Å². The fraction of sp³-hybridized carbons (Fsp3) is 0.250. The molecular weight excluding hydrogens is 177 g/mol. The number of ether oxygens (including phenoxy) is 1. The van der Waals surface area contributed by atoms with Crippen LogP contribution in [0.25, 0.3) is 0 Å². The van der Waals surface area contributed by atoms with Gasteiger partial charge in [-0.3, -0.25) is 4.72 Å². The maximum absolute atomic E-state index is 12.7. The van der Waals surface area contributed by atoms with E-state index in [0.29, 0.717) is 12.4 Å². The fourth-order valence-corrected chi connectivity index (χ4v) is 1.71. The molecule has 0 fully saturated rings. The third-order valence-corrected chi connectivity index (χ3v) is 2.46. The van der Waals surface area contributed by atoms with Crippen LogP contribution in [0.4, 0.5) is 4.39 Å². The summed E-state index contributed by atoms with van der Waals surface area (Å²) in [6.07, 6.45) is 0. The van der Waals surface area contributed by atoms with Gasteiger partial charge < -0.3 is 4.74 Å². The molecule has 0 unspecified atom stereocenters. The van der Waals surface area contributed by atoms with Crippen molar-refractivity contribution in [1.29, 1.82) is 0 Å². The zero-order valence-electron chi connectivity index (χ0n) is 6.34. The van der Waals surface area contributed by atoms with Gasteiger partial charge >= 0.3 is 0 Å². The molecule has 0 saturated carbocycles. The number of rotatable bonds is 0. The van der Waals surface area contributed by atoms with Crippen molar-refractivity contribution in [3.8, 4) is 5.75 Å². The molecule has 2 rings (SSSR count). The van der Waals surface area contributed by atoms with Gasteiger partial charge in [0.1, 0.15) is 18.2 Å². The Kier molecular flexibility index (Phi) is 2.19. The van der Waals surface area contributed by atoms with Crippen molar-refractivity contribution >= 4 is 11.9 Å². The summed E-state index contributed by atoms with van der Waals surface area (Å²) in [4.78, 5) is 0.939. The summed E-state index contributed by atoms with van der Waals surface area (Å²) in [6, 6.07) is 4.56. The maximum Gasteiger partial charge on any atom is 0.137 e. The van der Waals surface area contributed by atoms with E-state index in [1.807, 2.05) is 0 Å². The second-order valence-electron chi connectivity index (χ2n) is 2.44. The first-order chi connectivity index (χ1) is 5.86. The van der Waals surface area contributed by atoms with E-state index in [-0.39, 0.29) is 5.82 Å². The van der Waals surface area contributed by atoms with E-state index < -0.39 is 0 Å². The molecule has 1 aromatic rings. The Morgan fingerprint density at radius 3 is 3.33 bits per heavy atom. The van der Waals surface area contributed by atoms with Crippen molar-refractivity contribution in [1.82, 2.24) is 4.72 Å². The summed E-state index contributed by atoms with van der Waals surface area (Å²) in [5.41, 5.74) is 0. The summed E-state index contributed by atoms with van der Waals surface area (Å²) in [7, 11) is 0. The monoisotopic (exact) mass is 185 g/mol. The molecule has 64 valence electrons. The molecule has 1 N–H and O–H groups in total. The van der Waals surface area contributed by atoms with Crippen molar-refractivity contribution < 1.29 is 9.13 Å². The van der Waals surface area contributed by atoms with E-state index >= 15 is 0 Å². The predicted octanol–water partition coefficient (Wildman–Crippen LogP) is 1.81. The van der Waals surface area contributed by atoms with Crippen LogP contribution in [0.3, 0.4) is 0 Å². The minimum atomic E-state index is -0.253. The molecule has 4 heteroatoms. The van der Waals surface area contributed by atoms with Crippen LogP contribution in [-0.4, -0.2) is 13.2 Å². The lowest BCUT2D eigenvalue weighted by Crippen LogP contribution is -2.10. The normalized spacial score (nSPS) is 16.1. The van der Waals surface area contributed by atoms with Gasteiger partial charge in [-0.25, -0.2) is 4.39 Å². The zero-order valence-corrected chi connectivity index (χ0v) is 7.16. The van der Waals surface area contributed by atoms with Crippen LogP contribution in [-0.2, 0) is 0 Å². The first kappa shape index (κ1) is 7.89. The molecule has 0 amide bonds. The highest BCUT2D eigenvalue weighted by atomic mass is 32.2. The van der Waals surface area contributed by atoms with Crippen LogP contribution in [0.5, 0.6) is 5.75 Å². The average Bonchev–Trinajstić information content (AvgIpc) is 2.28. The van der Waals surface area contributed by atoms with Crippen molar-refractivity contribution in [2.75, 3.05) is 13.2 Å². The molecule has 1 heterocycles. The highest BCUT2D eigenvalue weighted by molar-refractivity contribution is 7.97. The maximum atomic E-state index is 12.7. The topological polar surface area (TPSA) is 21.3 Å². The van der Waals surface area contributed by atoms with Gasteiger partial charge in [0.15, 0.2) is 0 Å². The molecule has 0 radical (unpaired) electrons. The Morgan fingerprint density at radius 1 is 1.50 bits per heavy atom. The zero-order chi connectivity index (χ0) is 8.39. The smallest absolute Gasteiger partial charge is 0.137 e. The van der Waals surface area contributed by atoms with E-state index in [1.165, 1.54) is 24.1 Å². The Labute approximate surface area is 74.2 Å². The molecular formula is C8H8FNOS. The number of hydrogen-bond acceptors (Lipinski definition) is 3. The van der Waals surface area contributed by atoms with Gasteiger partial charge in [-0.1, -0.05) is 0 Å². The number of halogens is 1. The van der Waals surface area contributed by atoms with Crippen molar-refractivity contribution in [2.45, 2.75) is 4.90 Å². The van der Waals surface area contributed by atoms with Gasteiger partial charge in [-0.2, -0.15) is 0 Å². The molecule has 0 aliphatic carbocycles. The molecule has 2 nitrogen and oxygen atoms in total. The van der Waals surface area contributed by atoms with Crippen LogP contribution in [0.1, 0.15) is 0 Å². The molecule has 0 bridgehead atoms. The van der Waals surface area contributed by atoms with Crippen LogP contribution >= 0.6 is 11.9 Å². The third kappa shape index (κ3) is 1.54. The fourth-order valence-electron chi connectivity index (χ4n) is 1.01. The highest BCUT2D eigenvalue weighted by Gasteiger charge is 2.09. The molecule has 0 spiro atoms. The van der Waals surface area contributed by atoms with Crippen LogP contribution in [0.2, 0.25) is 0 Å². The summed E-state index contributed by atoms with van der Waals surface area (Å²) in [5, 5.41) is 0. The lowest BCUT2D eigenvalue weighted by atomic mass is 10.3. The van der Waals surface area contributed by atoms with E-state index in [4.69, 9.17) is 4.74 Å². The van der Waals surface area contributed by atoms with Gasteiger partial charge in [0.2, 0.25) is 0 Å². The Bertz CT molecular complexity index is 292. The van der Waals surface area contributed by atoms with Gasteiger partial charge in [0.25, 0.3) is 0 Å². The van der Waals surface area contributed by atoms with Crippen LogP contribution in [0.15, 0.2) is 23.1 Å². The molecule has 1 aliphatic heterocycles. The van der Waals surface area contributed by atoms with E-state index in [2.05, 4.69) is 4.72 Å². The second-order valence-corrected chi connectivity index (χ2v) is 3.37. The SMILES string of the molecule is Fc1ccc2c(c1)OCCNS2. The first-order valence-electron chi connectivity index (χ1n) is 3.68. The predicted molar refractivity (Wildman–Crippen MR) is 45.8 cm³/mol. The van der Waals surface area contributed by atoms with E-state index in [1.54, 1.807) is 6.07 Å². The van der Waals surface area contributed by atoms with Crippen LogP contribution in [0, 0.1) is 5.82 Å². The molecule has 12 heavy (non-hydrogen) atoms. The average molecular weight is 185 g/mol. The molecule has 0 atom stereocenters. The van der Waals surface area contributed by atoms with Crippen molar-refractivity contribution in [3.63, 3.8) is 0 Å². The van der Waals surface area contributed by atoms with E-state index in [9.17, 15) is 4.39 Å². The molecule has 1 aromatic carbocycles. The second kappa shape index (κ2) is 3.33. The van der Waals surface area contributed by atoms with Gasteiger partial charge in [-0.15, -0.1) is 0 Å². The summed E-state index contributed by atoms with van der Waals surface area (Å²) in [5.74, 6) is 0.376. The lowest BCUT2D eigenvalue weighted by molar-refractivity contribution is 0.319. The largest absolute Gasteiger partial charge is 0.491 e. The highest BCUT2D eigenvalue weighted by Crippen LogP contribution is 2.29. The van der Waals surface area contributed by atoms with Gasteiger partial charge in [0, 0.05) is 12.6 Å². The summed E-state index contributed by atoms with van der Waals surface area (Å²) < 4.78 is 21.1. The minimum Gasteiger partial charge on any atom is -0.491 e. The number of nitrogens with one attached hydrogen (secondary N) is 1. The quantitative estimate of drug-likeness (QED) is 0.623. The summed E-state index contributed by atoms with van der Waals surface area (Å²) in [6.45, 7) is 1.37. The number of hydrogen-bond donors (Lipinski definition) is 1. The lowest BCUT2D eigenvalue weighted by Gasteiger charge is -2.03. The molecule has 0 aromatic heterocycles. The molecule has 0 saturated heterocycles. The van der Waals surface area contributed by atoms with Crippen molar-refractivity contribution in [3.05, 3.63) is 24.0 Å². The summed E-state index contributed by atoms with van der Waals surface area (Å²) >= 11 is 1.48. The Morgan fingerprint density at radius 2 is 2.42 bits per heavy atom. The molecule has 1 aliphatic rings. The standard InChI is InChI=1S/C8H8FNOS/c9-6-1-2-8-7(5-6)11-4-3-10-12-8/h1-2,5,10H,3-4H2. The Hall–Kier alpha value is -0.740. The third-order valence-electron chi connectivity index (χ3n) is 1.55. The van der Waals surface area contributed by atoms with Gasteiger partial charge in [-0.05, 0) is 24.1 Å². The van der Waals surface area contributed by atoms with E-state index in [0.717, 1.165) is 11.4 Å². The number of benzene rings is 1. The number of fused-ring (bicyclic) bond motifs is 1. The van der Waals surface area contributed by atoms with Crippen LogP contribution < -0.4 is 9.46 Å². The van der Waals surface area contributed by atoms with Crippen molar-refractivity contribution in [2.24, 2.45) is 0 Å². The Balaban J connectivity index is 2.36.